The number of para-hydroxylation sites is 1. The van der Waals surface area contributed by atoms with Crippen LogP contribution in [0.15, 0.2) is 90.0 Å². The molecular formula is C35H32IN3O6. The summed E-state index contributed by atoms with van der Waals surface area (Å²) < 4.78 is 23.7. The number of carbonyl (C=O) groups excluding carboxylic acids is 2. The number of carbonyl (C=O) groups is 2. The van der Waals surface area contributed by atoms with Crippen molar-refractivity contribution in [3.63, 3.8) is 0 Å². The maximum atomic E-state index is 13.4. The first kappa shape index (κ1) is 31.6. The van der Waals surface area contributed by atoms with E-state index < -0.39 is 5.97 Å². The maximum absolute atomic E-state index is 13.4. The first-order valence-electron chi connectivity index (χ1n) is 14.5. The molecule has 0 aliphatic rings. The molecule has 9 nitrogen and oxygen atoms in total. The van der Waals surface area contributed by atoms with E-state index in [1.54, 1.807) is 36.4 Å². The first-order valence-corrected chi connectivity index (χ1v) is 15.6. The topological polar surface area (TPSA) is 111 Å². The van der Waals surface area contributed by atoms with E-state index in [4.69, 9.17) is 18.9 Å². The summed E-state index contributed by atoms with van der Waals surface area (Å²) >= 11 is 2.25. The lowest BCUT2D eigenvalue weighted by Gasteiger charge is -2.13. The molecule has 0 aliphatic carbocycles. The summed E-state index contributed by atoms with van der Waals surface area (Å²) in [5.41, 5.74) is 6.60. The van der Waals surface area contributed by atoms with Gasteiger partial charge in [0.2, 0.25) is 0 Å². The number of hydrazone groups is 1. The second kappa shape index (κ2) is 14.8. The largest absolute Gasteiger partial charge is 0.490 e. The molecule has 0 saturated heterocycles. The SMILES string of the molecule is CCOc1ccc(C(=O)Oc2ccc(C=NNC(=O)c3[nH]c4c(I)cccc4c3-c3ccccc3)cc2OCC)cc1OCC. The Morgan fingerprint density at radius 1 is 0.800 bits per heavy atom. The number of fused-ring (bicyclic) bond motifs is 1. The number of ether oxygens (including phenoxy) is 4. The molecule has 0 bridgehead atoms. The van der Waals surface area contributed by atoms with Gasteiger partial charge in [0.25, 0.3) is 5.91 Å². The van der Waals surface area contributed by atoms with Crippen LogP contribution < -0.4 is 24.4 Å². The van der Waals surface area contributed by atoms with Crippen molar-refractivity contribution in [3.05, 3.63) is 105 Å². The fourth-order valence-corrected chi connectivity index (χ4v) is 5.41. The average molecular weight is 718 g/mol. The molecule has 5 rings (SSSR count). The molecule has 0 radical (unpaired) electrons. The highest BCUT2D eigenvalue weighted by Crippen LogP contribution is 2.35. The molecule has 45 heavy (non-hydrogen) atoms. The highest BCUT2D eigenvalue weighted by atomic mass is 127. The van der Waals surface area contributed by atoms with E-state index in [1.165, 1.54) is 6.21 Å². The van der Waals surface area contributed by atoms with Gasteiger partial charge in [0.15, 0.2) is 23.0 Å². The molecule has 1 heterocycles. The second-order valence-corrected chi connectivity index (χ2v) is 10.8. The molecule has 0 saturated carbocycles. The van der Waals surface area contributed by atoms with Gasteiger partial charge in [-0.2, -0.15) is 5.10 Å². The Morgan fingerprint density at radius 3 is 2.22 bits per heavy atom. The molecule has 2 N–H and O–H groups in total. The number of benzene rings is 4. The molecule has 0 atom stereocenters. The predicted octanol–water partition coefficient (Wildman–Crippen LogP) is 7.62. The lowest BCUT2D eigenvalue weighted by molar-refractivity contribution is 0.0727. The van der Waals surface area contributed by atoms with E-state index >= 15 is 0 Å². The molecule has 0 unspecified atom stereocenters. The minimum Gasteiger partial charge on any atom is -0.490 e. The number of hydrogen-bond acceptors (Lipinski definition) is 7. The second-order valence-electron chi connectivity index (χ2n) is 9.66. The lowest BCUT2D eigenvalue weighted by Crippen LogP contribution is -2.19. The zero-order valence-corrected chi connectivity index (χ0v) is 27.2. The van der Waals surface area contributed by atoms with E-state index in [0.29, 0.717) is 53.9 Å². The highest BCUT2D eigenvalue weighted by molar-refractivity contribution is 14.1. The summed E-state index contributed by atoms with van der Waals surface area (Å²) in [5.74, 6) is 0.664. The smallest absolute Gasteiger partial charge is 0.343 e. The van der Waals surface area contributed by atoms with Crippen LogP contribution in [0.25, 0.3) is 22.0 Å². The number of aromatic amines is 1. The Kier molecular flexibility index (Phi) is 10.4. The molecule has 1 amide bonds. The van der Waals surface area contributed by atoms with Crippen molar-refractivity contribution in [2.75, 3.05) is 19.8 Å². The van der Waals surface area contributed by atoms with E-state index in [9.17, 15) is 9.59 Å². The Labute approximate surface area is 274 Å². The third-order valence-electron chi connectivity index (χ3n) is 6.70. The number of halogens is 1. The first-order chi connectivity index (χ1) is 21.9. The average Bonchev–Trinajstić information content (AvgIpc) is 3.45. The summed E-state index contributed by atoms with van der Waals surface area (Å²) in [4.78, 5) is 29.7. The number of H-pyrrole nitrogens is 1. The molecular weight excluding hydrogens is 685 g/mol. The van der Waals surface area contributed by atoms with Crippen molar-refractivity contribution < 1.29 is 28.5 Å². The lowest BCUT2D eigenvalue weighted by atomic mass is 10.0. The minimum atomic E-state index is -0.573. The quantitative estimate of drug-likeness (QED) is 0.0452. The van der Waals surface area contributed by atoms with E-state index in [-0.39, 0.29) is 11.7 Å². The standard InChI is InChI=1S/C35H32IN3O6/c1-4-42-27-18-16-24(20-30(27)44-6-3)35(41)45-28-17-15-22(19-29(28)43-5-2)21-37-39-34(40)33-31(23-11-8-7-9-12-23)25-13-10-14-26(36)32(25)38-33/h7-21,38H,4-6H2,1-3H3,(H,39,40). The molecule has 230 valence electrons. The van der Waals surface area contributed by atoms with Gasteiger partial charge in [0.05, 0.1) is 37.1 Å². The van der Waals surface area contributed by atoms with E-state index in [0.717, 1.165) is 25.6 Å². The van der Waals surface area contributed by atoms with E-state index in [1.807, 2.05) is 69.3 Å². The van der Waals surface area contributed by atoms with Gasteiger partial charge in [-0.1, -0.05) is 42.5 Å². The number of hydrogen-bond donors (Lipinski definition) is 2. The van der Waals surface area contributed by atoms with Crippen LogP contribution in [-0.4, -0.2) is 42.9 Å². The molecule has 1 aromatic heterocycles. The van der Waals surface area contributed by atoms with Crippen LogP contribution in [0, 0.1) is 3.57 Å². The molecule has 10 heteroatoms. The Bertz CT molecular complexity index is 1850. The van der Waals surface area contributed by atoms with Crippen molar-refractivity contribution in [1.29, 1.82) is 0 Å². The van der Waals surface area contributed by atoms with Crippen LogP contribution in [0.3, 0.4) is 0 Å². The molecule has 0 aliphatic heterocycles. The third kappa shape index (κ3) is 7.28. The van der Waals surface area contributed by atoms with Crippen LogP contribution in [0.4, 0.5) is 0 Å². The molecule has 4 aromatic carbocycles. The monoisotopic (exact) mass is 717 g/mol. The Balaban J connectivity index is 1.34. The highest BCUT2D eigenvalue weighted by Gasteiger charge is 2.20. The normalized spacial score (nSPS) is 11.0. The van der Waals surface area contributed by atoms with Crippen LogP contribution in [-0.2, 0) is 0 Å². The van der Waals surface area contributed by atoms with Gasteiger partial charge in [0, 0.05) is 14.5 Å². The Morgan fingerprint density at radius 2 is 1.49 bits per heavy atom. The predicted molar refractivity (Wildman–Crippen MR) is 183 cm³/mol. The van der Waals surface area contributed by atoms with Gasteiger partial charge in [-0.25, -0.2) is 10.2 Å². The maximum Gasteiger partial charge on any atom is 0.343 e. The number of amides is 1. The summed E-state index contributed by atoms with van der Waals surface area (Å²) in [6.07, 6.45) is 1.50. The van der Waals surface area contributed by atoms with Crippen LogP contribution in [0.2, 0.25) is 0 Å². The molecule has 5 aromatic rings. The summed E-state index contributed by atoms with van der Waals surface area (Å²) in [6, 6.07) is 25.6. The summed E-state index contributed by atoms with van der Waals surface area (Å²) in [7, 11) is 0. The van der Waals surface area contributed by atoms with Gasteiger partial charge in [-0.15, -0.1) is 0 Å². The fourth-order valence-electron chi connectivity index (χ4n) is 4.77. The van der Waals surface area contributed by atoms with Crippen molar-refractivity contribution in [2.24, 2.45) is 5.10 Å². The number of nitrogens with one attached hydrogen (secondary N) is 2. The fraction of sp³-hybridized carbons (Fsp3) is 0.171. The van der Waals surface area contributed by atoms with Crippen LogP contribution in [0.5, 0.6) is 23.0 Å². The Hall–Kier alpha value is -4.84. The van der Waals surface area contributed by atoms with Crippen molar-refractivity contribution in [1.82, 2.24) is 10.4 Å². The van der Waals surface area contributed by atoms with Gasteiger partial charge in [-0.05, 0) is 97.0 Å². The van der Waals surface area contributed by atoms with Crippen LogP contribution in [0.1, 0.15) is 47.2 Å². The summed E-state index contributed by atoms with van der Waals surface area (Å²) in [6.45, 7) is 6.81. The number of aromatic nitrogens is 1. The summed E-state index contributed by atoms with van der Waals surface area (Å²) in [5, 5.41) is 5.15. The van der Waals surface area contributed by atoms with Crippen LogP contribution >= 0.6 is 22.6 Å². The third-order valence-corrected chi connectivity index (χ3v) is 7.60. The van der Waals surface area contributed by atoms with Gasteiger partial charge in [-0.3, -0.25) is 4.79 Å². The van der Waals surface area contributed by atoms with Gasteiger partial charge < -0.3 is 23.9 Å². The molecule has 0 fully saturated rings. The van der Waals surface area contributed by atoms with Crippen molar-refractivity contribution >= 4 is 51.6 Å². The number of esters is 1. The van der Waals surface area contributed by atoms with Gasteiger partial charge in [0.1, 0.15) is 5.69 Å². The van der Waals surface area contributed by atoms with Crippen molar-refractivity contribution in [2.45, 2.75) is 20.8 Å². The van der Waals surface area contributed by atoms with Gasteiger partial charge >= 0.3 is 5.97 Å². The van der Waals surface area contributed by atoms with E-state index in [2.05, 4.69) is 38.1 Å². The minimum absolute atomic E-state index is 0.245. The number of nitrogens with zero attached hydrogens (tertiary/aromatic N) is 1. The molecule has 0 spiro atoms. The number of rotatable bonds is 12. The zero-order valence-electron chi connectivity index (χ0n) is 25.1. The zero-order chi connectivity index (χ0) is 31.8. The van der Waals surface area contributed by atoms with Crippen molar-refractivity contribution in [3.8, 4) is 34.1 Å².